The van der Waals surface area contributed by atoms with Crippen molar-refractivity contribution in [2.45, 2.75) is 0 Å². The van der Waals surface area contributed by atoms with E-state index in [0.717, 1.165) is 11.9 Å². The lowest BCUT2D eigenvalue weighted by Crippen LogP contribution is -2.28. The smallest absolute Gasteiger partial charge is 0.274 e. The van der Waals surface area contributed by atoms with Gasteiger partial charge in [-0.2, -0.15) is 0 Å². The molecule has 0 unspecified atom stereocenters. The molecule has 0 N–H and O–H groups in total. The number of anilines is 1. The van der Waals surface area contributed by atoms with Gasteiger partial charge in [0.05, 0.1) is 16.8 Å². The maximum atomic E-state index is 10.5. The van der Waals surface area contributed by atoms with Crippen molar-refractivity contribution in [3.05, 3.63) is 45.6 Å². The Morgan fingerprint density at radius 1 is 1.47 bits per heavy atom. The van der Waals surface area contributed by atoms with Gasteiger partial charge >= 0.3 is 0 Å². The van der Waals surface area contributed by atoms with E-state index in [-0.39, 0.29) is 0 Å². The summed E-state index contributed by atoms with van der Waals surface area (Å²) in [5, 5.41) is 10.9. The zero-order chi connectivity index (χ0) is 13.0. The van der Waals surface area contributed by atoms with Gasteiger partial charge < -0.3 is 9.80 Å². The minimum atomic E-state index is -0.491. The third kappa shape index (κ3) is 3.60. The Bertz CT molecular complexity index is 430. The van der Waals surface area contributed by atoms with Crippen LogP contribution >= 0.6 is 11.6 Å². The topological polar surface area (TPSA) is 62.5 Å². The molecule has 0 aromatic carbocycles. The van der Waals surface area contributed by atoms with Crippen molar-refractivity contribution in [3.8, 4) is 0 Å². The van der Waals surface area contributed by atoms with Gasteiger partial charge in [0.1, 0.15) is 5.15 Å². The Morgan fingerprint density at radius 3 is 2.53 bits per heavy atom. The number of hydrogen-bond donors (Lipinski definition) is 0. The molecule has 1 rings (SSSR count). The van der Waals surface area contributed by atoms with E-state index < -0.39 is 4.92 Å². The maximum Gasteiger partial charge on any atom is 0.274 e. The summed E-state index contributed by atoms with van der Waals surface area (Å²) in [5.74, 6) is 0.444. The van der Waals surface area contributed by atoms with Crippen molar-refractivity contribution in [2.75, 3.05) is 26.0 Å². The van der Waals surface area contributed by atoms with Gasteiger partial charge in [0.25, 0.3) is 6.20 Å². The molecule has 17 heavy (non-hydrogen) atoms. The lowest BCUT2D eigenvalue weighted by molar-refractivity contribution is -0.404. The van der Waals surface area contributed by atoms with Crippen LogP contribution in [0.15, 0.2) is 30.4 Å². The summed E-state index contributed by atoms with van der Waals surface area (Å²) in [6.45, 7) is 0. The Labute approximate surface area is 104 Å². The van der Waals surface area contributed by atoms with E-state index in [1.165, 1.54) is 0 Å². The van der Waals surface area contributed by atoms with Crippen LogP contribution in [0.5, 0.6) is 0 Å². The molecular formula is C10H13ClN4O2. The molecule has 7 heteroatoms. The van der Waals surface area contributed by atoms with Crippen LogP contribution in [0.3, 0.4) is 0 Å². The number of aromatic nitrogens is 1. The van der Waals surface area contributed by atoms with Gasteiger partial charge in [-0.15, -0.1) is 0 Å². The van der Waals surface area contributed by atoms with Crippen molar-refractivity contribution >= 4 is 17.3 Å². The second kappa shape index (κ2) is 5.49. The van der Waals surface area contributed by atoms with Gasteiger partial charge in [0.15, 0.2) is 5.82 Å². The number of halogens is 1. The van der Waals surface area contributed by atoms with Crippen LogP contribution in [0.4, 0.5) is 5.69 Å². The van der Waals surface area contributed by atoms with Crippen LogP contribution in [-0.4, -0.2) is 36.0 Å². The normalized spacial score (nSPS) is 11.2. The highest BCUT2D eigenvalue weighted by atomic mass is 35.5. The predicted molar refractivity (Wildman–Crippen MR) is 66.4 cm³/mol. The molecule has 0 spiro atoms. The van der Waals surface area contributed by atoms with E-state index in [4.69, 9.17) is 11.6 Å². The first kappa shape index (κ1) is 13.2. The molecule has 0 radical (unpaired) electrons. The molecule has 1 aromatic heterocycles. The molecule has 0 saturated carbocycles. The number of hydrogen-bond acceptors (Lipinski definition) is 5. The fourth-order valence-corrected chi connectivity index (χ4v) is 1.41. The number of pyridine rings is 1. The Hall–Kier alpha value is -1.82. The Kier molecular flexibility index (Phi) is 4.28. The summed E-state index contributed by atoms with van der Waals surface area (Å²) < 4.78 is 0. The van der Waals surface area contributed by atoms with Crippen LogP contribution in [-0.2, 0) is 0 Å². The molecule has 0 aliphatic heterocycles. The summed E-state index contributed by atoms with van der Waals surface area (Å²) in [6.07, 6.45) is 2.49. The molecule has 0 aliphatic rings. The van der Waals surface area contributed by atoms with Crippen LogP contribution in [0.2, 0.25) is 5.15 Å². The van der Waals surface area contributed by atoms with Gasteiger partial charge in [-0.3, -0.25) is 10.1 Å². The average Bonchev–Trinajstić information content (AvgIpc) is 2.25. The van der Waals surface area contributed by atoms with Gasteiger partial charge in [-0.05, 0) is 12.1 Å². The van der Waals surface area contributed by atoms with Crippen LogP contribution in [0, 0.1) is 10.1 Å². The molecule has 0 fully saturated rings. The minimum Gasteiger partial charge on any atom is -0.359 e. The first-order valence-electron chi connectivity index (χ1n) is 4.79. The lowest BCUT2D eigenvalue weighted by Gasteiger charge is -2.25. The van der Waals surface area contributed by atoms with Gasteiger partial charge in [-0.25, -0.2) is 4.98 Å². The third-order valence-electron chi connectivity index (χ3n) is 2.12. The minimum absolute atomic E-state index is 0.381. The molecule has 0 amide bonds. The monoisotopic (exact) mass is 256 g/mol. The van der Waals surface area contributed by atoms with E-state index in [1.807, 2.05) is 0 Å². The lowest BCUT2D eigenvalue weighted by atomic mass is 10.4. The van der Waals surface area contributed by atoms with Crippen LogP contribution < -0.4 is 4.90 Å². The van der Waals surface area contributed by atoms with Gasteiger partial charge in [-0.1, -0.05) is 11.6 Å². The Morgan fingerprint density at radius 2 is 2.12 bits per heavy atom. The van der Waals surface area contributed by atoms with E-state index in [2.05, 4.69) is 4.98 Å². The predicted octanol–water partition coefficient (Wildman–Crippen LogP) is 1.81. The summed E-state index contributed by atoms with van der Waals surface area (Å²) in [6, 6.07) is 3.37. The summed E-state index contributed by atoms with van der Waals surface area (Å²) in [5.41, 5.74) is 0.719. The zero-order valence-electron chi connectivity index (χ0n) is 9.79. The molecule has 1 heterocycles. The first-order valence-corrected chi connectivity index (χ1v) is 5.17. The molecule has 0 saturated heterocycles. The van der Waals surface area contributed by atoms with Crippen LogP contribution in [0.25, 0.3) is 0 Å². The zero-order valence-corrected chi connectivity index (χ0v) is 10.5. The van der Waals surface area contributed by atoms with Gasteiger partial charge in [0, 0.05) is 21.1 Å². The van der Waals surface area contributed by atoms with E-state index in [1.54, 1.807) is 49.3 Å². The summed E-state index contributed by atoms with van der Waals surface area (Å²) in [7, 11) is 5.19. The fourth-order valence-electron chi connectivity index (χ4n) is 1.30. The molecule has 0 aliphatic carbocycles. The van der Waals surface area contributed by atoms with Gasteiger partial charge in [0.2, 0.25) is 0 Å². The molecule has 92 valence electrons. The maximum absolute atomic E-state index is 10.5. The number of rotatable bonds is 4. The fraction of sp³-hybridized carbons (Fsp3) is 0.300. The molecule has 6 nitrogen and oxygen atoms in total. The van der Waals surface area contributed by atoms with E-state index in [0.29, 0.717) is 11.0 Å². The van der Waals surface area contributed by atoms with Crippen molar-refractivity contribution in [3.63, 3.8) is 0 Å². The van der Waals surface area contributed by atoms with Crippen molar-refractivity contribution in [2.24, 2.45) is 0 Å². The molecule has 0 atom stereocenters. The first-order chi connectivity index (χ1) is 7.91. The molecule has 1 aromatic rings. The Balaban J connectivity index is 3.04. The second-order valence-corrected chi connectivity index (χ2v) is 3.95. The van der Waals surface area contributed by atoms with Crippen molar-refractivity contribution < 1.29 is 4.92 Å². The highest BCUT2D eigenvalue weighted by Crippen LogP contribution is 2.18. The van der Waals surface area contributed by atoms with Crippen LogP contribution in [0.1, 0.15) is 0 Å². The quantitative estimate of drug-likeness (QED) is 0.467. The molecule has 0 bridgehead atoms. The standard InChI is InChI=1S/C10H13ClN4O2/c1-13(2)10(7-15(16)17)14(3)8-4-5-9(11)12-6-8/h4-7H,1-3H3. The second-order valence-electron chi connectivity index (χ2n) is 3.57. The third-order valence-corrected chi connectivity index (χ3v) is 2.35. The highest BCUT2D eigenvalue weighted by molar-refractivity contribution is 6.29. The number of nitrogens with zero attached hydrogens (tertiary/aromatic N) is 4. The van der Waals surface area contributed by atoms with Crippen molar-refractivity contribution in [1.29, 1.82) is 0 Å². The summed E-state index contributed by atoms with van der Waals surface area (Å²) in [4.78, 5) is 17.3. The van der Waals surface area contributed by atoms with Crippen molar-refractivity contribution in [1.82, 2.24) is 9.88 Å². The molecular weight excluding hydrogens is 244 g/mol. The largest absolute Gasteiger partial charge is 0.359 e. The average molecular weight is 257 g/mol. The highest BCUT2D eigenvalue weighted by Gasteiger charge is 2.13. The SMILES string of the molecule is CN(C)C(=C[N+](=O)[O-])N(C)c1ccc(Cl)nc1. The van der Waals surface area contributed by atoms with E-state index >= 15 is 0 Å². The van der Waals surface area contributed by atoms with E-state index in [9.17, 15) is 10.1 Å². The summed E-state index contributed by atoms with van der Waals surface area (Å²) >= 11 is 5.68. The number of nitro groups is 1.